The highest BCUT2D eigenvalue weighted by molar-refractivity contribution is 5.66. The Kier molecular flexibility index (Phi) is 4.38. The van der Waals surface area contributed by atoms with Gasteiger partial charge >= 0.3 is 5.97 Å². The molecule has 0 saturated heterocycles. The third kappa shape index (κ3) is 3.48. The van der Waals surface area contributed by atoms with E-state index in [-0.39, 0.29) is 29.5 Å². The summed E-state index contributed by atoms with van der Waals surface area (Å²) < 4.78 is 40.9. The summed E-state index contributed by atoms with van der Waals surface area (Å²) in [6.07, 6.45) is -0.962. The maximum Gasteiger partial charge on any atom is 0.303 e. The maximum absolute atomic E-state index is 13.8. The van der Waals surface area contributed by atoms with Crippen molar-refractivity contribution < 1.29 is 23.1 Å². The number of carboxylic acids is 1. The Morgan fingerprint density at radius 1 is 1.28 bits per heavy atom. The number of aryl methyl sites for hydroxylation is 2. The van der Waals surface area contributed by atoms with Crippen LogP contribution in [0.1, 0.15) is 36.0 Å². The Morgan fingerprint density at radius 3 is 2.22 bits per heavy atom. The second-order valence-corrected chi connectivity index (χ2v) is 4.38. The molecular formula is C13H15F3O2. The average Bonchev–Trinajstić information content (AvgIpc) is 2.24. The van der Waals surface area contributed by atoms with Gasteiger partial charge in [0.2, 0.25) is 0 Å². The molecule has 0 fully saturated rings. The average molecular weight is 260 g/mol. The van der Waals surface area contributed by atoms with E-state index in [2.05, 4.69) is 0 Å². The van der Waals surface area contributed by atoms with Gasteiger partial charge < -0.3 is 5.11 Å². The molecule has 100 valence electrons. The lowest BCUT2D eigenvalue weighted by atomic mass is 9.98. The van der Waals surface area contributed by atoms with Crippen LogP contribution in [0, 0.1) is 19.7 Å². The van der Waals surface area contributed by atoms with Crippen LogP contribution < -0.4 is 0 Å². The molecule has 1 rings (SSSR count). The standard InChI is InChI=1S/C13H15F3O2/c1-8-6-10(7-9(2)12(8)14)13(15,16)5-3-4-11(17)18/h6-7H,3-5H2,1-2H3,(H,17,18). The predicted molar refractivity (Wildman–Crippen MR) is 61.3 cm³/mol. The van der Waals surface area contributed by atoms with E-state index in [0.29, 0.717) is 0 Å². The number of hydrogen-bond donors (Lipinski definition) is 1. The molecule has 0 aliphatic rings. The van der Waals surface area contributed by atoms with Crippen molar-refractivity contribution in [3.8, 4) is 0 Å². The first-order valence-corrected chi connectivity index (χ1v) is 5.61. The van der Waals surface area contributed by atoms with Crippen LogP contribution in [0.15, 0.2) is 12.1 Å². The van der Waals surface area contributed by atoms with E-state index in [0.717, 1.165) is 12.1 Å². The third-order valence-electron chi connectivity index (χ3n) is 2.74. The SMILES string of the molecule is Cc1cc(C(F)(F)CCCC(=O)O)cc(C)c1F. The molecule has 1 aromatic carbocycles. The summed E-state index contributed by atoms with van der Waals surface area (Å²) in [6.45, 7) is 2.86. The summed E-state index contributed by atoms with van der Waals surface area (Å²) in [5.74, 6) is -4.71. The van der Waals surface area contributed by atoms with Crippen molar-refractivity contribution in [3.63, 3.8) is 0 Å². The number of benzene rings is 1. The van der Waals surface area contributed by atoms with Gasteiger partial charge in [-0.2, -0.15) is 0 Å². The largest absolute Gasteiger partial charge is 0.481 e. The fourth-order valence-corrected chi connectivity index (χ4v) is 1.76. The highest BCUT2D eigenvalue weighted by Crippen LogP contribution is 2.35. The molecule has 1 N–H and O–H groups in total. The summed E-state index contributed by atoms with van der Waals surface area (Å²) in [7, 11) is 0. The van der Waals surface area contributed by atoms with E-state index in [1.165, 1.54) is 13.8 Å². The normalized spacial score (nSPS) is 11.6. The van der Waals surface area contributed by atoms with Crippen LogP contribution in [0.5, 0.6) is 0 Å². The van der Waals surface area contributed by atoms with Crippen LogP contribution in [-0.4, -0.2) is 11.1 Å². The first-order valence-electron chi connectivity index (χ1n) is 5.61. The summed E-state index contributed by atoms with van der Waals surface area (Å²) in [6, 6.07) is 2.23. The second kappa shape index (κ2) is 5.42. The monoisotopic (exact) mass is 260 g/mol. The molecule has 0 spiro atoms. The lowest BCUT2D eigenvalue weighted by Gasteiger charge is -2.18. The van der Waals surface area contributed by atoms with E-state index in [9.17, 15) is 18.0 Å². The molecule has 0 saturated carbocycles. The first kappa shape index (κ1) is 14.5. The molecule has 0 aromatic heterocycles. The highest BCUT2D eigenvalue weighted by Gasteiger charge is 2.32. The zero-order chi connectivity index (χ0) is 13.9. The summed E-state index contributed by atoms with van der Waals surface area (Å²) in [4.78, 5) is 10.3. The minimum Gasteiger partial charge on any atom is -0.481 e. The van der Waals surface area contributed by atoms with E-state index in [1.54, 1.807) is 0 Å². The molecular weight excluding hydrogens is 245 g/mol. The zero-order valence-corrected chi connectivity index (χ0v) is 10.3. The number of hydrogen-bond acceptors (Lipinski definition) is 1. The zero-order valence-electron chi connectivity index (χ0n) is 10.3. The molecule has 2 nitrogen and oxygen atoms in total. The van der Waals surface area contributed by atoms with Gasteiger partial charge in [0, 0.05) is 18.4 Å². The van der Waals surface area contributed by atoms with Crippen molar-refractivity contribution in [2.24, 2.45) is 0 Å². The number of carbonyl (C=O) groups is 1. The van der Waals surface area contributed by atoms with Crippen molar-refractivity contribution in [1.29, 1.82) is 0 Å². The lowest BCUT2D eigenvalue weighted by Crippen LogP contribution is -2.15. The number of rotatable bonds is 5. The Hall–Kier alpha value is -1.52. The van der Waals surface area contributed by atoms with Gasteiger partial charge in [-0.15, -0.1) is 0 Å². The maximum atomic E-state index is 13.8. The third-order valence-corrected chi connectivity index (χ3v) is 2.74. The minimum atomic E-state index is -3.13. The number of carboxylic acid groups (broad SMARTS) is 1. The van der Waals surface area contributed by atoms with Gasteiger partial charge in [0.15, 0.2) is 0 Å². The molecule has 0 amide bonds. The molecule has 0 bridgehead atoms. The fourth-order valence-electron chi connectivity index (χ4n) is 1.76. The Morgan fingerprint density at radius 2 is 1.78 bits per heavy atom. The van der Waals surface area contributed by atoms with Crippen molar-refractivity contribution in [2.45, 2.75) is 39.0 Å². The Labute approximate surface area is 103 Å². The van der Waals surface area contributed by atoms with E-state index in [4.69, 9.17) is 5.11 Å². The predicted octanol–water partition coefficient (Wildman–Crippen LogP) is 3.79. The smallest absolute Gasteiger partial charge is 0.303 e. The molecule has 0 atom stereocenters. The quantitative estimate of drug-likeness (QED) is 0.874. The molecule has 5 heteroatoms. The van der Waals surface area contributed by atoms with Crippen molar-refractivity contribution in [2.75, 3.05) is 0 Å². The highest BCUT2D eigenvalue weighted by atomic mass is 19.3. The summed E-state index contributed by atoms with van der Waals surface area (Å²) in [5, 5.41) is 8.41. The fraction of sp³-hybridized carbons (Fsp3) is 0.462. The number of aliphatic carboxylic acids is 1. The van der Waals surface area contributed by atoms with Crippen LogP contribution in [0.2, 0.25) is 0 Å². The van der Waals surface area contributed by atoms with Gasteiger partial charge in [-0.1, -0.05) is 0 Å². The van der Waals surface area contributed by atoms with Crippen LogP contribution in [-0.2, 0) is 10.7 Å². The van der Waals surface area contributed by atoms with Crippen LogP contribution in [0.3, 0.4) is 0 Å². The van der Waals surface area contributed by atoms with Crippen LogP contribution in [0.4, 0.5) is 13.2 Å². The van der Waals surface area contributed by atoms with E-state index < -0.39 is 24.1 Å². The number of alkyl halides is 2. The Balaban J connectivity index is 2.87. The van der Waals surface area contributed by atoms with Gasteiger partial charge in [0.25, 0.3) is 5.92 Å². The topological polar surface area (TPSA) is 37.3 Å². The van der Waals surface area contributed by atoms with Gasteiger partial charge in [-0.05, 0) is 43.5 Å². The molecule has 0 unspecified atom stereocenters. The second-order valence-electron chi connectivity index (χ2n) is 4.38. The van der Waals surface area contributed by atoms with Gasteiger partial charge in [-0.25, -0.2) is 13.2 Å². The van der Waals surface area contributed by atoms with Gasteiger partial charge in [0.05, 0.1) is 0 Å². The lowest BCUT2D eigenvalue weighted by molar-refractivity contribution is -0.137. The number of halogens is 3. The molecule has 0 radical (unpaired) electrons. The molecule has 18 heavy (non-hydrogen) atoms. The summed E-state index contributed by atoms with van der Waals surface area (Å²) in [5.41, 5.74) is 0.0788. The molecule has 1 aromatic rings. The van der Waals surface area contributed by atoms with E-state index >= 15 is 0 Å². The van der Waals surface area contributed by atoms with Crippen molar-refractivity contribution >= 4 is 5.97 Å². The van der Waals surface area contributed by atoms with Crippen LogP contribution >= 0.6 is 0 Å². The molecule has 0 aliphatic heterocycles. The van der Waals surface area contributed by atoms with E-state index in [1.807, 2.05) is 0 Å². The van der Waals surface area contributed by atoms with Crippen molar-refractivity contribution in [3.05, 3.63) is 34.6 Å². The minimum absolute atomic E-state index is 0.113. The van der Waals surface area contributed by atoms with Gasteiger partial charge in [0.1, 0.15) is 5.82 Å². The van der Waals surface area contributed by atoms with Gasteiger partial charge in [-0.3, -0.25) is 4.79 Å². The molecule has 0 aliphatic carbocycles. The summed E-state index contributed by atoms with van der Waals surface area (Å²) >= 11 is 0. The Bertz CT molecular complexity index is 433. The first-order chi connectivity index (χ1) is 8.24. The van der Waals surface area contributed by atoms with Crippen LogP contribution in [0.25, 0.3) is 0 Å². The molecule has 0 heterocycles. The van der Waals surface area contributed by atoms with Crippen molar-refractivity contribution in [1.82, 2.24) is 0 Å².